The van der Waals surface area contributed by atoms with Gasteiger partial charge < -0.3 is 16.8 Å². The van der Waals surface area contributed by atoms with Crippen LogP contribution in [0.3, 0.4) is 0 Å². The van der Waals surface area contributed by atoms with Crippen molar-refractivity contribution in [3.05, 3.63) is 0 Å². The maximum absolute atomic E-state index is 11.9. The molecule has 0 bridgehead atoms. The maximum atomic E-state index is 11.9. The van der Waals surface area contributed by atoms with E-state index in [0.717, 1.165) is 0 Å². The van der Waals surface area contributed by atoms with Gasteiger partial charge >= 0.3 is 0 Å². The number of carbonyl (C=O) groups excluding carboxylic acids is 3. The topological polar surface area (TPSA) is 115 Å². The van der Waals surface area contributed by atoms with E-state index in [1.165, 1.54) is 6.92 Å². The molecule has 6 heteroatoms. The molecular formula is C12H23N3O3. The lowest BCUT2D eigenvalue weighted by molar-refractivity contribution is -0.130. The van der Waals surface area contributed by atoms with Crippen molar-refractivity contribution in [1.82, 2.24) is 5.32 Å². The lowest BCUT2D eigenvalue weighted by Crippen LogP contribution is -2.46. The Kier molecular flexibility index (Phi) is 7.19. The summed E-state index contributed by atoms with van der Waals surface area (Å²) in [7, 11) is 0. The van der Waals surface area contributed by atoms with E-state index in [0.29, 0.717) is 6.42 Å². The molecule has 2 amide bonds. The SMILES string of the molecule is CC(=O)N[C@@H](CN)C(=O)C[C@@H](CC(C)C)C(N)=O. The molecule has 6 nitrogen and oxygen atoms in total. The normalized spacial score (nSPS) is 14.1. The third kappa shape index (κ3) is 6.34. The summed E-state index contributed by atoms with van der Waals surface area (Å²) in [5, 5.41) is 2.46. The minimum absolute atomic E-state index is 0.0194. The largest absolute Gasteiger partial charge is 0.369 e. The summed E-state index contributed by atoms with van der Waals surface area (Å²) >= 11 is 0. The smallest absolute Gasteiger partial charge is 0.220 e. The van der Waals surface area contributed by atoms with E-state index in [9.17, 15) is 14.4 Å². The number of ketones is 1. The van der Waals surface area contributed by atoms with Gasteiger partial charge in [0, 0.05) is 25.8 Å². The van der Waals surface area contributed by atoms with Crippen LogP contribution in [-0.2, 0) is 14.4 Å². The standard InChI is InChI=1S/C12H23N3O3/c1-7(2)4-9(12(14)18)5-11(17)10(6-13)15-8(3)16/h7,9-10H,4-6,13H2,1-3H3,(H2,14,18)(H,15,16)/t9-,10+/m1/s1. The Morgan fingerprint density at radius 2 is 1.78 bits per heavy atom. The van der Waals surface area contributed by atoms with Crippen LogP contribution in [0.1, 0.15) is 33.6 Å². The molecule has 0 aliphatic carbocycles. The zero-order chi connectivity index (χ0) is 14.3. The number of hydrogen-bond donors (Lipinski definition) is 3. The van der Waals surface area contributed by atoms with Crippen LogP contribution in [0.15, 0.2) is 0 Å². The van der Waals surface area contributed by atoms with Gasteiger partial charge in [0.1, 0.15) is 0 Å². The Hall–Kier alpha value is -1.43. The van der Waals surface area contributed by atoms with Gasteiger partial charge in [0.2, 0.25) is 11.8 Å². The second kappa shape index (κ2) is 7.81. The van der Waals surface area contributed by atoms with Gasteiger partial charge in [-0.3, -0.25) is 14.4 Å². The number of hydrogen-bond acceptors (Lipinski definition) is 4. The third-order valence-electron chi connectivity index (χ3n) is 2.61. The van der Waals surface area contributed by atoms with Gasteiger partial charge in [-0.2, -0.15) is 0 Å². The Balaban J connectivity index is 4.56. The number of rotatable bonds is 8. The van der Waals surface area contributed by atoms with Crippen molar-refractivity contribution in [2.24, 2.45) is 23.3 Å². The third-order valence-corrected chi connectivity index (χ3v) is 2.61. The second-order valence-corrected chi connectivity index (χ2v) is 4.89. The van der Waals surface area contributed by atoms with Crippen LogP contribution in [0.4, 0.5) is 0 Å². The van der Waals surface area contributed by atoms with E-state index in [4.69, 9.17) is 11.5 Å². The molecule has 0 fully saturated rings. The highest BCUT2D eigenvalue weighted by molar-refractivity contribution is 5.91. The first kappa shape index (κ1) is 16.6. The first-order chi connectivity index (χ1) is 8.27. The molecule has 5 N–H and O–H groups in total. The van der Waals surface area contributed by atoms with Crippen molar-refractivity contribution in [3.8, 4) is 0 Å². The summed E-state index contributed by atoms with van der Waals surface area (Å²) in [5.74, 6) is -1.29. The summed E-state index contributed by atoms with van der Waals surface area (Å²) in [6.45, 7) is 5.24. The van der Waals surface area contributed by atoms with Crippen LogP contribution < -0.4 is 16.8 Å². The fraction of sp³-hybridized carbons (Fsp3) is 0.750. The first-order valence-corrected chi connectivity index (χ1v) is 6.07. The number of carbonyl (C=O) groups is 3. The molecule has 104 valence electrons. The molecule has 0 radical (unpaired) electrons. The van der Waals surface area contributed by atoms with Crippen molar-refractivity contribution in [3.63, 3.8) is 0 Å². The predicted octanol–water partition coefficient (Wildman–Crippen LogP) is -0.443. The van der Waals surface area contributed by atoms with Crippen LogP contribution in [0.25, 0.3) is 0 Å². The van der Waals surface area contributed by atoms with Crippen LogP contribution in [0, 0.1) is 11.8 Å². The van der Waals surface area contributed by atoms with Gasteiger partial charge in [0.25, 0.3) is 0 Å². The van der Waals surface area contributed by atoms with Gasteiger partial charge in [-0.1, -0.05) is 13.8 Å². The predicted molar refractivity (Wildman–Crippen MR) is 68.4 cm³/mol. The molecule has 0 unspecified atom stereocenters. The van der Waals surface area contributed by atoms with Gasteiger partial charge in [0.15, 0.2) is 5.78 Å². The van der Waals surface area contributed by atoms with E-state index in [-0.39, 0.29) is 30.6 Å². The molecule has 0 saturated heterocycles. The molecule has 0 saturated carbocycles. The molecule has 0 spiro atoms. The number of amides is 2. The summed E-state index contributed by atoms with van der Waals surface area (Å²) in [6, 6.07) is -0.739. The van der Waals surface area contributed by atoms with E-state index >= 15 is 0 Å². The Bertz CT molecular complexity index is 316. The molecule has 0 aromatic rings. The molecule has 0 aromatic heterocycles. The summed E-state index contributed by atoms with van der Waals surface area (Å²) < 4.78 is 0. The molecule has 2 atom stereocenters. The second-order valence-electron chi connectivity index (χ2n) is 4.89. The zero-order valence-electron chi connectivity index (χ0n) is 11.2. The maximum Gasteiger partial charge on any atom is 0.220 e. The highest BCUT2D eigenvalue weighted by Crippen LogP contribution is 2.16. The highest BCUT2D eigenvalue weighted by Gasteiger charge is 2.25. The average molecular weight is 257 g/mol. The molecular weight excluding hydrogens is 234 g/mol. The number of nitrogens with one attached hydrogen (secondary N) is 1. The number of nitrogens with two attached hydrogens (primary N) is 2. The molecule has 0 rings (SSSR count). The van der Waals surface area contributed by atoms with Crippen molar-refractivity contribution in [1.29, 1.82) is 0 Å². The first-order valence-electron chi connectivity index (χ1n) is 6.07. The Morgan fingerprint density at radius 1 is 1.22 bits per heavy atom. The lowest BCUT2D eigenvalue weighted by atomic mass is 9.90. The van der Waals surface area contributed by atoms with E-state index in [1.807, 2.05) is 13.8 Å². The minimum Gasteiger partial charge on any atom is -0.369 e. The van der Waals surface area contributed by atoms with Crippen LogP contribution in [0.2, 0.25) is 0 Å². The Labute approximate surface area is 107 Å². The summed E-state index contributed by atoms with van der Waals surface area (Å²) in [5.41, 5.74) is 10.7. The van der Waals surface area contributed by atoms with Crippen LogP contribution in [-0.4, -0.2) is 30.2 Å². The molecule has 0 aliphatic rings. The van der Waals surface area contributed by atoms with Crippen LogP contribution >= 0.6 is 0 Å². The monoisotopic (exact) mass is 257 g/mol. The van der Waals surface area contributed by atoms with Crippen molar-refractivity contribution < 1.29 is 14.4 Å². The van der Waals surface area contributed by atoms with E-state index in [1.54, 1.807) is 0 Å². The zero-order valence-corrected chi connectivity index (χ0v) is 11.2. The average Bonchev–Trinajstić information content (AvgIpc) is 2.23. The molecule has 0 heterocycles. The van der Waals surface area contributed by atoms with Crippen molar-refractivity contribution in [2.45, 2.75) is 39.7 Å². The van der Waals surface area contributed by atoms with Crippen LogP contribution in [0.5, 0.6) is 0 Å². The summed E-state index contributed by atoms with van der Waals surface area (Å²) in [6.07, 6.45) is 0.577. The molecule has 0 aliphatic heterocycles. The van der Waals surface area contributed by atoms with Gasteiger partial charge in [-0.15, -0.1) is 0 Å². The van der Waals surface area contributed by atoms with E-state index < -0.39 is 17.9 Å². The summed E-state index contributed by atoms with van der Waals surface area (Å²) in [4.78, 5) is 34.1. The minimum atomic E-state index is -0.739. The number of Topliss-reactive ketones (excluding diaryl/α,β-unsaturated/α-hetero) is 1. The number of primary amides is 1. The van der Waals surface area contributed by atoms with Gasteiger partial charge in [0.05, 0.1) is 6.04 Å². The fourth-order valence-electron chi connectivity index (χ4n) is 1.77. The van der Waals surface area contributed by atoms with Gasteiger partial charge in [-0.05, 0) is 12.3 Å². The van der Waals surface area contributed by atoms with E-state index in [2.05, 4.69) is 5.32 Å². The Morgan fingerprint density at radius 3 is 2.11 bits per heavy atom. The van der Waals surface area contributed by atoms with Crippen molar-refractivity contribution in [2.75, 3.05) is 6.54 Å². The van der Waals surface area contributed by atoms with Gasteiger partial charge in [-0.25, -0.2) is 0 Å². The fourth-order valence-corrected chi connectivity index (χ4v) is 1.77. The highest BCUT2D eigenvalue weighted by atomic mass is 16.2. The molecule has 0 aromatic carbocycles. The van der Waals surface area contributed by atoms with Crippen molar-refractivity contribution >= 4 is 17.6 Å². The lowest BCUT2D eigenvalue weighted by Gasteiger charge is -2.19. The quantitative estimate of drug-likeness (QED) is 0.546. The molecule has 18 heavy (non-hydrogen) atoms.